The highest BCUT2D eigenvalue weighted by Crippen LogP contribution is 2.49. The topological polar surface area (TPSA) is 76.2 Å². The molecule has 2 fully saturated rings. The predicted octanol–water partition coefficient (Wildman–Crippen LogP) is 2.91. The summed E-state index contributed by atoms with van der Waals surface area (Å²) in [4.78, 5) is 10.6. The van der Waals surface area contributed by atoms with Crippen molar-refractivity contribution < 1.29 is 9.66 Å². The van der Waals surface area contributed by atoms with Crippen LogP contribution in [0.1, 0.15) is 30.4 Å². The van der Waals surface area contributed by atoms with Crippen molar-refractivity contribution in [2.24, 2.45) is 5.41 Å². The van der Waals surface area contributed by atoms with Gasteiger partial charge < -0.3 is 4.74 Å². The van der Waals surface area contributed by atoms with Crippen molar-refractivity contribution in [3.8, 4) is 6.07 Å². The average Bonchev–Trinajstić information content (AvgIpc) is 3.01. The van der Waals surface area contributed by atoms with Crippen molar-refractivity contribution in [2.45, 2.75) is 44.8 Å². The summed E-state index contributed by atoms with van der Waals surface area (Å²) < 4.78 is 5.81. The number of nitro benzene ring substituents is 1. The van der Waals surface area contributed by atoms with Crippen LogP contribution in [0, 0.1) is 33.8 Å². The number of rotatable bonds is 3. The first kappa shape index (κ1) is 13.1. The minimum atomic E-state index is -0.511. The van der Waals surface area contributed by atoms with Crippen molar-refractivity contribution in [2.75, 3.05) is 0 Å². The van der Waals surface area contributed by atoms with Crippen molar-refractivity contribution in [3.63, 3.8) is 0 Å². The molecule has 2 aliphatic heterocycles. The lowest BCUT2D eigenvalue weighted by Crippen LogP contribution is -2.33. The second-order valence-electron chi connectivity index (χ2n) is 5.79. The maximum Gasteiger partial charge on any atom is 0.272 e. The van der Waals surface area contributed by atoms with E-state index in [2.05, 4.69) is 6.07 Å². The summed E-state index contributed by atoms with van der Waals surface area (Å²) in [6, 6.07) is 7.52. The van der Waals surface area contributed by atoms with Crippen LogP contribution in [-0.2, 0) is 11.2 Å². The molecule has 0 amide bonds. The Kier molecular flexibility index (Phi) is 2.98. The highest BCUT2D eigenvalue weighted by molar-refractivity contribution is 5.45. The van der Waals surface area contributed by atoms with Gasteiger partial charge in [-0.25, -0.2) is 0 Å². The third-order valence-corrected chi connectivity index (χ3v) is 4.66. The Morgan fingerprint density at radius 1 is 1.55 bits per heavy atom. The van der Waals surface area contributed by atoms with Gasteiger partial charge in [0.2, 0.25) is 0 Å². The van der Waals surface area contributed by atoms with Gasteiger partial charge in [0.1, 0.15) is 0 Å². The summed E-state index contributed by atoms with van der Waals surface area (Å²) in [6.07, 6.45) is 3.41. The molecule has 3 rings (SSSR count). The molecule has 3 unspecified atom stereocenters. The SMILES string of the molecule is Cc1c(CC2(C#N)CC3CCC2O3)cccc1[N+](=O)[O-]. The molecule has 104 valence electrons. The molecule has 1 aromatic carbocycles. The number of benzene rings is 1. The van der Waals surface area contributed by atoms with E-state index in [1.54, 1.807) is 13.0 Å². The van der Waals surface area contributed by atoms with Crippen LogP contribution in [0.4, 0.5) is 5.69 Å². The maximum atomic E-state index is 11.0. The van der Waals surface area contributed by atoms with E-state index in [0.29, 0.717) is 12.0 Å². The third-order valence-electron chi connectivity index (χ3n) is 4.66. The molecule has 2 saturated heterocycles. The Hall–Kier alpha value is -1.93. The van der Waals surface area contributed by atoms with Gasteiger partial charge in [0.25, 0.3) is 5.69 Å². The molecular weight excluding hydrogens is 256 g/mol. The lowest BCUT2D eigenvalue weighted by Gasteiger charge is -2.28. The van der Waals surface area contributed by atoms with Gasteiger partial charge in [0.05, 0.1) is 28.6 Å². The Balaban J connectivity index is 1.94. The number of ether oxygens (including phenoxy) is 1. The van der Waals surface area contributed by atoms with Gasteiger partial charge in [0, 0.05) is 11.6 Å². The highest BCUT2D eigenvalue weighted by atomic mass is 16.6. The van der Waals surface area contributed by atoms with Gasteiger partial charge >= 0.3 is 0 Å². The molecular formula is C15H16N2O3. The number of nitro groups is 1. The van der Waals surface area contributed by atoms with Crippen LogP contribution in [0.2, 0.25) is 0 Å². The lowest BCUT2D eigenvalue weighted by molar-refractivity contribution is -0.385. The summed E-state index contributed by atoms with van der Waals surface area (Å²) in [5, 5.41) is 20.6. The predicted molar refractivity (Wildman–Crippen MR) is 72.1 cm³/mol. The van der Waals surface area contributed by atoms with E-state index >= 15 is 0 Å². The normalized spacial score (nSPS) is 31.2. The summed E-state index contributed by atoms with van der Waals surface area (Å²) in [5.74, 6) is 0. The molecule has 5 nitrogen and oxygen atoms in total. The molecule has 20 heavy (non-hydrogen) atoms. The van der Waals surface area contributed by atoms with E-state index in [-0.39, 0.29) is 22.8 Å². The van der Waals surface area contributed by atoms with Gasteiger partial charge in [-0.15, -0.1) is 0 Å². The zero-order valence-electron chi connectivity index (χ0n) is 11.3. The van der Waals surface area contributed by atoms with Crippen LogP contribution in [0.15, 0.2) is 18.2 Å². The Morgan fingerprint density at radius 3 is 2.90 bits per heavy atom. The molecule has 0 N–H and O–H groups in total. The molecule has 5 heteroatoms. The van der Waals surface area contributed by atoms with Crippen molar-refractivity contribution >= 4 is 5.69 Å². The van der Waals surface area contributed by atoms with Crippen molar-refractivity contribution in [1.29, 1.82) is 5.26 Å². The van der Waals surface area contributed by atoms with Crippen LogP contribution < -0.4 is 0 Å². The summed E-state index contributed by atoms with van der Waals surface area (Å²) >= 11 is 0. The number of hydrogen-bond donors (Lipinski definition) is 0. The van der Waals surface area contributed by atoms with Gasteiger partial charge in [-0.1, -0.05) is 12.1 Å². The zero-order valence-corrected chi connectivity index (χ0v) is 11.3. The molecule has 0 saturated carbocycles. The summed E-state index contributed by atoms with van der Waals surface area (Å²) in [6.45, 7) is 1.76. The number of fused-ring (bicyclic) bond motifs is 2. The minimum absolute atomic E-state index is 0.0174. The Morgan fingerprint density at radius 2 is 2.35 bits per heavy atom. The summed E-state index contributed by atoms with van der Waals surface area (Å²) in [7, 11) is 0. The van der Waals surface area contributed by atoms with Gasteiger partial charge in [-0.3, -0.25) is 10.1 Å². The molecule has 2 aliphatic rings. The quantitative estimate of drug-likeness (QED) is 0.626. The van der Waals surface area contributed by atoms with Crippen LogP contribution in [0.5, 0.6) is 0 Å². The Labute approximate surface area is 117 Å². The second-order valence-corrected chi connectivity index (χ2v) is 5.79. The molecule has 1 aromatic rings. The number of hydrogen-bond acceptors (Lipinski definition) is 4. The number of nitrogens with zero attached hydrogens (tertiary/aromatic N) is 2. The van der Waals surface area contributed by atoms with E-state index in [1.165, 1.54) is 6.07 Å². The summed E-state index contributed by atoms with van der Waals surface area (Å²) in [5.41, 5.74) is 1.16. The van der Waals surface area contributed by atoms with E-state index in [9.17, 15) is 15.4 Å². The van der Waals surface area contributed by atoms with Crippen LogP contribution in [0.3, 0.4) is 0 Å². The van der Waals surface area contributed by atoms with Gasteiger partial charge in [-0.05, 0) is 38.2 Å². The fourth-order valence-corrected chi connectivity index (χ4v) is 3.54. The molecule has 0 aromatic heterocycles. The first-order valence-corrected chi connectivity index (χ1v) is 6.85. The van der Waals surface area contributed by atoms with E-state index in [1.807, 2.05) is 6.07 Å². The van der Waals surface area contributed by atoms with Crippen LogP contribution >= 0.6 is 0 Å². The largest absolute Gasteiger partial charge is 0.373 e. The van der Waals surface area contributed by atoms with Gasteiger partial charge in [0.15, 0.2) is 0 Å². The monoisotopic (exact) mass is 272 g/mol. The molecule has 2 bridgehead atoms. The van der Waals surface area contributed by atoms with Crippen LogP contribution in [0.25, 0.3) is 0 Å². The molecule has 2 heterocycles. The smallest absolute Gasteiger partial charge is 0.272 e. The average molecular weight is 272 g/mol. The van der Waals surface area contributed by atoms with Crippen molar-refractivity contribution in [3.05, 3.63) is 39.4 Å². The zero-order chi connectivity index (χ0) is 14.3. The lowest BCUT2D eigenvalue weighted by atomic mass is 9.71. The standard InChI is InChI=1S/C15H16N2O3/c1-10-11(3-2-4-13(10)17(18)19)7-15(9-16)8-12-5-6-14(15)20-12/h2-4,12,14H,5-8H2,1H3. The van der Waals surface area contributed by atoms with E-state index < -0.39 is 5.41 Å². The van der Waals surface area contributed by atoms with Crippen molar-refractivity contribution in [1.82, 2.24) is 0 Å². The molecule has 0 radical (unpaired) electrons. The molecule has 3 atom stereocenters. The first-order valence-electron chi connectivity index (χ1n) is 6.85. The minimum Gasteiger partial charge on any atom is -0.373 e. The van der Waals surface area contributed by atoms with Gasteiger partial charge in [-0.2, -0.15) is 5.26 Å². The first-order chi connectivity index (χ1) is 9.55. The number of nitriles is 1. The fraction of sp³-hybridized carbons (Fsp3) is 0.533. The molecule has 0 aliphatic carbocycles. The third kappa shape index (κ3) is 1.88. The second kappa shape index (κ2) is 4.57. The van der Waals surface area contributed by atoms with E-state index in [0.717, 1.165) is 24.8 Å². The van der Waals surface area contributed by atoms with Crippen LogP contribution in [-0.4, -0.2) is 17.1 Å². The maximum absolute atomic E-state index is 11.0. The van der Waals surface area contributed by atoms with E-state index in [4.69, 9.17) is 4.74 Å². The highest BCUT2D eigenvalue weighted by Gasteiger charge is 2.53. The Bertz CT molecular complexity index is 608. The fourth-order valence-electron chi connectivity index (χ4n) is 3.54. The molecule has 0 spiro atoms.